The number of halogens is 3. The first kappa shape index (κ1) is 16.5. The van der Waals surface area contributed by atoms with Gasteiger partial charge in [0.05, 0.1) is 11.5 Å². The van der Waals surface area contributed by atoms with Gasteiger partial charge in [-0.1, -0.05) is 22.0 Å². The third-order valence-electron chi connectivity index (χ3n) is 2.73. The molecule has 0 aliphatic carbocycles. The molecule has 0 aromatic heterocycles. The van der Waals surface area contributed by atoms with E-state index >= 15 is 0 Å². The van der Waals surface area contributed by atoms with Crippen molar-refractivity contribution < 1.29 is 18.5 Å². The molecule has 1 aromatic carbocycles. The summed E-state index contributed by atoms with van der Waals surface area (Å²) in [5.74, 6) is -0.633. The highest BCUT2D eigenvalue weighted by Crippen LogP contribution is 2.22. The van der Waals surface area contributed by atoms with E-state index in [2.05, 4.69) is 15.9 Å². The van der Waals surface area contributed by atoms with Crippen molar-refractivity contribution in [3.8, 4) is 0 Å². The second-order valence-corrected chi connectivity index (χ2v) is 4.83. The Morgan fingerprint density at radius 1 is 1.50 bits per heavy atom. The van der Waals surface area contributed by atoms with Crippen LogP contribution < -0.4 is 0 Å². The lowest BCUT2D eigenvalue weighted by atomic mass is 10.1. The number of benzene rings is 1. The molecule has 0 aliphatic rings. The zero-order chi connectivity index (χ0) is 15.3. The van der Waals surface area contributed by atoms with Crippen molar-refractivity contribution in [1.29, 1.82) is 0 Å². The summed E-state index contributed by atoms with van der Waals surface area (Å²) in [7, 11) is 0. The van der Waals surface area contributed by atoms with Crippen molar-refractivity contribution in [2.24, 2.45) is 0 Å². The van der Waals surface area contributed by atoms with Gasteiger partial charge in [0.15, 0.2) is 0 Å². The van der Waals surface area contributed by atoms with E-state index in [-0.39, 0.29) is 23.4 Å². The van der Waals surface area contributed by atoms with Crippen LogP contribution in [0.15, 0.2) is 18.2 Å². The number of amides is 1. The molecular weight excluding hydrogens is 338 g/mol. The predicted octanol–water partition coefficient (Wildman–Crippen LogP) is 3.01. The van der Waals surface area contributed by atoms with Crippen LogP contribution in [0.4, 0.5) is 14.5 Å². The summed E-state index contributed by atoms with van der Waals surface area (Å²) in [5, 5.41) is 11.2. The Balaban J connectivity index is 3.11. The van der Waals surface area contributed by atoms with Crippen molar-refractivity contribution in [2.75, 3.05) is 18.4 Å². The van der Waals surface area contributed by atoms with Gasteiger partial charge in [0, 0.05) is 29.1 Å². The normalized spacial score (nSPS) is 10.7. The smallest absolute Gasteiger partial charge is 0.273 e. The molecule has 0 atom stereocenters. The standard InChI is InChI=1S/C12H13BrF2N2O3/c1-8-9(3-2-4-10(8)17(19)20)12(18)16(6-5-13)7-11(14)15/h2-4,11H,5-7H2,1H3. The van der Waals surface area contributed by atoms with Gasteiger partial charge in [0.2, 0.25) is 0 Å². The number of nitro groups is 1. The zero-order valence-corrected chi connectivity index (χ0v) is 12.3. The molecule has 0 unspecified atom stereocenters. The van der Waals surface area contributed by atoms with Crippen molar-refractivity contribution in [3.05, 3.63) is 39.4 Å². The number of alkyl halides is 3. The molecule has 0 N–H and O–H groups in total. The number of hydrogen-bond acceptors (Lipinski definition) is 3. The summed E-state index contributed by atoms with van der Waals surface area (Å²) < 4.78 is 24.9. The fourth-order valence-corrected chi connectivity index (χ4v) is 2.20. The number of carbonyl (C=O) groups excluding carboxylic acids is 1. The van der Waals surface area contributed by atoms with Crippen LogP contribution in [-0.2, 0) is 0 Å². The number of carbonyl (C=O) groups is 1. The maximum Gasteiger partial charge on any atom is 0.273 e. The van der Waals surface area contributed by atoms with Gasteiger partial charge in [-0.25, -0.2) is 8.78 Å². The first-order valence-corrected chi connectivity index (χ1v) is 6.88. The topological polar surface area (TPSA) is 63.5 Å². The third-order valence-corrected chi connectivity index (χ3v) is 3.09. The van der Waals surface area contributed by atoms with Crippen LogP contribution in [0.5, 0.6) is 0 Å². The van der Waals surface area contributed by atoms with Crippen molar-refractivity contribution in [1.82, 2.24) is 4.90 Å². The van der Waals surface area contributed by atoms with Crippen LogP contribution in [0.2, 0.25) is 0 Å². The van der Waals surface area contributed by atoms with Gasteiger partial charge in [-0.2, -0.15) is 0 Å². The Morgan fingerprint density at radius 3 is 2.65 bits per heavy atom. The number of nitrogens with zero attached hydrogens (tertiary/aromatic N) is 2. The first-order chi connectivity index (χ1) is 9.38. The number of rotatable bonds is 6. The highest BCUT2D eigenvalue weighted by atomic mass is 79.9. The molecule has 0 saturated heterocycles. The molecule has 1 rings (SSSR count). The van der Waals surface area contributed by atoms with E-state index in [9.17, 15) is 23.7 Å². The largest absolute Gasteiger partial charge is 0.332 e. The van der Waals surface area contributed by atoms with E-state index in [0.717, 1.165) is 4.90 Å². The molecule has 0 aliphatic heterocycles. The van der Waals surface area contributed by atoms with Crippen molar-refractivity contribution in [3.63, 3.8) is 0 Å². The summed E-state index contributed by atoms with van der Waals surface area (Å²) in [5.41, 5.74) is 0.0452. The quantitative estimate of drug-likeness (QED) is 0.450. The minimum absolute atomic E-state index is 0.0702. The fourth-order valence-electron chi connectivity index (χ4n) is 1.77. The van der Waals surface area contributed by atoms with Crippen LogP contribution in [0.3, 0.4) is 0 Å². The maximum atomic E-state index is 12.5. The van der Waals surface area contributed by atoms with Crippen LogP contribution in [0.1, 0.15) is 15.9 Å². The van der Waals surface area contributed by atoms with E-state index in [1.165, 1.54) is 25.1 Å². The molecule has 0 radical (unpaired) electrons. The minimum Gasteiger partial charge on any atom is -0.332 e. The minimum atomic E-state index is -2.66. The fraction of sp³-hybridized carbons (Fsp3) is 0.417. The highest BCUT2D eigenvalue weighted by Gasteiger charge is 2.23. The zero-order valence-electron chi connectivity index (χ0n) is 10.7. The maximum absolute atomic E-state index is 12.5. The Bertz CT molecular complexity index is 511. The average molecular weight is 351 g/mol. The summed E-state index contributed by atoms with van der Waals surface area (Å²) in [6.45, 7) is 0.831. The SMILES string of the molecule is Cc1c(C(=O)N(CCBr)CC(F)F)cccc1[N+](=O)[O-]. The molecule has 1 amide bonds. The molecule has 0 saturated carbocycles. The Morgan fingerprint density at radius 2 is 2.15 bits per heavy atom. The molecular formula is C12H13BrF2N2O3. The van der Waals surface area contributed by atoms with E-state index in [1.807, 2.05) is 0 Å². The van der Waals surface area contributed by atoms with Gasteiger partial charge in [-0.05, 0) is 13.0 Å². The van der Waals surface area contributed by atoms with E-state index in [1.54, 1.807) is 0 Å². The molecule has 20 heavy (non-hydrogen) atoms. The van der Waals surface area contributed by atoms with Crippen LogP contribution >= 0.6 is 15.9 Å². The lowest BCUT2D eigenvalue weighted by Crippen LogP contribution is -2.37. The second kappa shape index (κ2) is 7.28. The molecule has 0 bridgehead atoms. The van der Waals surface area contributed by atoms with Crippen molar-refractivity contribution in [2.45, 2.75) is 13.3 Å². The highest BCUT2D eigenvalue weighted by molar-refractivity contribution is 9.09. The van der Waals surface area contributed by atoms with Gasteiger partial charge in [-0.3, -0.25) is 14.9 Å². The van der Waals surface area contributed by atoms with E-state index < -0.39 is 23.8 Å². The van der Waals surface area contributed by atoms with Crippen LogP contribution in [0.25, 0.3) is 0 Å². The van der Waals surface area contributed by atoms with Gasteiger partial charge in [-0.15, -0.1) is 0 Å². The molecule has 0 fully saturated rings. The number of hydrogen-bond donors (Lipinski definition) is 0. The predicted molar refractivity (Wildman–Crippen MR) is 73.5 cm³/mol. The molecule has 8 heteroatoms. The van der Waals surface area contributed by atoms with E-state index in [4.69, 9.17) is 0 Å². The Hall–Kier alpha value is -1.57. The summed E-state index contributed by atoms with van der Waals surface area (Å²) in [6.07, 6.45) is -2.66. The number of nitro benzene ring substituents is 1. The summed E-state index contributed by atoms with van der Waals surface area (Å²) in [4.78, 5) is 23.4. The lowest BCUT2D eigenvalue weighted by Gasteiger charge is -2.22. The second-order valence-electron chi connectivity index (χ2n) is 4.04. The third kappa shape index (κ3) is 3.96. The molecule has 0 heterocycles. The van der Waals surface area contributed by atoms with Crippen LogP contribution in [0, 0.1) is 17.0 Å². The van der Waals surface area contributed by atoms with E-state index in [0.29, 0.717) is 5.33 Å². The Labute approximate surface area is 122 Å². The molecule has 1 aromatic rings. The summed E-state index contributed by atoms with van der Waals surface area (Å²) >= 11 is 3.09. The monoisotopic (exact) mass is 350 g/mol. The van der Waals surface area contributed by atoms with Crippen molar-refractivity contribution >= 4 is 27.5 Å². The van der Waals surface area contributed by atoms with Gasteiger partial charge in [0.1, 0.15) is 0 Å². The van der Waals surface area contributed by atoms with Gasteiger partial charge >= 0.3 is 0 Å². The lowest BCUT2D eigenvalue weighted by molar-refractivity contribution is -0.385. The molecule has 5 nitrogen and oxygen atoms in total. The van der Waals surface area contributed by atoms with Gasteiger partial charge < -0.3 is 4.90 Å². The van der Waals surface area contributed by atoms with Crippen LogP contribution in [-0.4, -0.2) is 40.6 Å². The molecule has 110 valence electrons. The molecule has 0 spiro atoms. The summed E-state index contributed by atoms with van der Waals surface area (Å²) in [6, 6.07) is 4.04. The Kier molecular flexibility index (Phi) is 6.00. The van der Waals surface area contributed by atoms with Gasteiger partial charge in [0.25, 0.3) is 18.0 Å². The first-order valence-electron chi connectivity index (χ1n) is 5.75. The average Bonchev–Trinajstić information content (AvgIpc) is 2.37.